The number of carboxylic acids is 1. The molecule has 0 bridgehead atoms. The van der Waals surface area contributed by atoms with E-state index in [1.54, 1.807) is 24.4 Å². The average molecular weight is 274 g/mol. The number of amides is 1. The minimum atomic E-state index is -1.35. The highest BCUT2D eigenvalue weighted by Gasteiger charge is 2.11. The third-order valence-electron chi connectivity index (χ3n) is 2.55. The number of aromatic carboxylic acids is 1. The first kappa shape index (κ1) is 13.7. The van der Waals surface area contributed by atoms with Gasteiger partial charge < -0.3 is 10.4 Å². The molecule has 6 heteroatoms. The fraction of sp³-hybridized carbons (Fsp3) is 0.0714. The molecule has 20 heavy (non-hydrogen) atoms. The minimum Gasteiger partial charge on any atom is -0.478 e. The van der Waals surface area contributed by atoms with Crippen molar-refractivity contribution in [3.05, 3.63) is 59.7 Å². The minimum absolute atomic E-state index is 0.0587. The molecule has 0 aliphatic carbocycles. The van der Waals surface area contributed by atoms with Crippen LogP contribution in [0.4, 0.5) is 10.1 Å². The maximum absolute atomic E-state index is 13.4. The van der Waals surface area contributed by atoms with Crippen LogP contribution in [0.2, 0.25) is 0 Å². The predicted octanol–water partition coefficient (Wildman–Crippen LogP) is 2.10. The van der Waals surface area contributed by atoms with Gasteiger partial charge in [0.25, 0.3) is 0 Å². The van der Waals surface area contributed by atoms with Crippen molar-refractivity contribution < 1.29 is 19.1 Å². The lowest BCUT2D eigenvalue weighted by Crippen LogP contribution is -2.15. The molecule has 0 fully saturated rings. The van der Waals surface area contributed by atoms with Crippen LogP contribution in [0.5, 0.6) is 0 Å². The SMILES string of the molecule is O=C(Cc1ccccn1)Nc1ccc(C(=O)O)c(F)c1. The van der Waals surface area contributed by atoms with Gasteiger partial charge in [0.15, 0.2) is 0 Å². The number of benzene rings is 1. The van der Waals surface area contributed by atoms with Gasteiger partial charge in [-0.3, -0.25) is 9.78 Å². The lowest BCUT2D eigenvalue weighted by atomic mass is 10.2. The van der Waals surface area contributed by atoms with Crippen molar-refractivity contribution in [2.24, 2.45) is 0 Å². The summed E-state index contributed by atoms with van der Waals surface area (Å²) in [5.74, 6) is -2.60. The second-order valence-corrected chi connectivity index (χ2v) is 4.05. The van der Waals surface area contributed by atoms with Crippen molar-refractivity contribution in [3.8, 4) is 0 Å². The van der Waals surface area contributed by atoms with Gasteiger partial charge in [0.1, 0.15) is 5.82 Å². The largest absolute Gasteiger partial charge is 0.478 e. The van der Waals surface area contributed by atoms with Gasteiger partial charge in [0.2, 0.25) is 5.91 Å². The van der Waals surface area contributed by atoms with Crippen LogP contribution in [0.25, 0.3) is 0 Å². The van der Waals surface area contributed by atoms with E-state index in [0.717, 1.165) is 12.1 Å². The summed E-state index contributed by atoms with van der Waals surface area (Å²) in [6, 6.07) is 8.61. The average Bonchev–Trinajstić information content (AvgIpc) is 2.39. The highest BCUT2D eigenvalue weighted by molar-refractivity contribution is 5.93. The monoisotopic (exact) mass is 274 g/mol. The number of nitrogens with zero attached hydrogens (tertiary/aromatic N) is 1. The van der Waals surface area contributed by atoms with Crippen LogP contribution >= 0.6 is 0 Å². The Balaban J connectivity index is 2.05. The van der Waals surface area contributed by atoms with Gasteiger partial charge >= 0.3 is 5.97 Å². The molecule has 1 aromatic carbocycles. The number of carbonyl (C=O) groups is 2. The van der Waals surface area contributed by atoms with Crippen molar-refractivity contribution in [2.45, 2.75) is 6.42 Å². The van der Waals surface area contributed by atoms with E-state index in [-0.39, 0.29) is 18.0 Å². The van der Waals surface area contributed by atoms with Gasteiger partial charge in [0, 0.05) is 17.6 Å². The Morgan fingerprint density at radius 3 is 2.65 bits per heavy atom. The number of pyridine rings is 1. The van der Waals surface area contributed by atoms with Gasteiger partial charge in [-0.05, 0) is 30.3 Å². The summed E-state index contributed by atoms with van der Waals surface area (Å²) >= 11 is 0. The van der Waals surface area contributed by atoms with Crippen LogP contribution in [0.3, 0.4) is 0 Å². The van der Waals surface area contributed by atoms with E-state index in [9.17, 15) is 14.0 Å². The first-order valence-electron chi connectivity index (χ1n) is 5.79. The lowest BCUT2D eigenvalue weighted by molar-refractivity contribution is -0.115. The summed E-state index contributed by atoms with van der Waals surface area (Å²) in [6.45, 7) is 0. The summed E-state index contributed by atoms with van der Waals surface area (Å²) in [6.07, 6.45) is 1.63. The molecular weight excluding hydrogens is 263 g/mol. The number of hydrogen-bond donors (Lipinski definition) is 2. The molecule has 5 nitrogen and oxygen atoms in total. The Hall–Kier alpha value is -2.76. The fourth-order valence-electron chi connectivity index (χ4n) is 1.64. The number of anilines is 1. The molecule has 1 aromatic heterocycles. The van der Waals surface area contributed by atoms with E-state index in [1.165, 1.54) is 6.07 Å². The third kappa shape index (κ3) is 3.38. The fourth-order valence-corrected chi connectivity index (χ4v) is 1.64. The molecule has 0 radical (unpaired) electrons. The van der Waals surface area contributed by atoms with Crippen LogP contribution in [0, 0.1) is 5.82 Å². The van der Waals surface area contributed by atoms with Crippen molar-refractivity contribution in [1.29, 1.82) is 0 Å². The van der Waals surface area contributed by atoms with Gasteiger partial charge in [-0.25, -0.2) is 9.18 Å². The summed E-state index contributed by atoms with van der Waals surface area (Å²) in [7, 11) is 0. The van der Waals surface area contributed by atoms with Crippen LogP contribution in [0.1, 0.15) is 16.1 Å². The Morgan fingerprint density at radius 2 is 2.05 bits per heavy atom. The van der Waals surface area contributed by atoms with Crippen molar-refractivity contribution in [1.82, 2.24) is 4.98 Å². The Labute approximate surface area is 114 Å². The predicted molar refractivity (Wildman–Crippen MR) is 69.9 cm³/mol. The molecule has 0 saturated carbocycles. The van der Waals surface area contributed by atoms with E-state index in [2.05, 4.69) is 10.3 Å². The van der Waals surface area contributed by atoms with E-state index < -0.39 is 17.3 Å². The lowest BCUT2D eigenvalue weighted by Gasteiger charge is -2.06. The number of carboxylic acid groups (broad SMARTS) is 1. The van der Waals surface area contributed by atoms with Crippen molar-refractivity contribution in [2.75, 3.05) is 5.32 Å². The second kappa shape index (κ2) is 5.92. The summed E-state index contributed by atoms with van der Waals surface area (Å²) in [5.41, 5.74) is 0.355. The second-order valence-electron chi connectivity index (χ2n) is 4.05. The highest BCUT2D eigenvalue weighted by atomic mass is 19.1. The molecule has 2 aromatic rings. The number of rotatable bonds is 4. The summed E-state index contributed by atoms with van der Waals surface area (Å²) < 4.78 is 13.4. The molecule has 1 amide bonds. The van der Waals surface area contributed by atoms with Crippen LogP contribution in [-0.2, 0) is 11.2 Å². The molecule has 1 heterocycles. The number of halogens is 1. The van der Waals surface area contributed by atoms with E-state index in [0.29, 0.717) is 5.69 Å². The van der Waals surface area contributed by atoms with Crippen LogP contribution in [0.15, 0.2) is 42.6 Å². The Morgan fingerprint density at radius 1 is 1.25 bits per heavy atom. The number of nitrogens with one attached hydrogen (secondary N) is 1. The molecule has 0 aliphatic heterocycles. The molecule has 2 rings (SSSR count). The molecule has 0 aliphatic rings. The molecule has 0 atom stereocenters. The smallest absolute Gasteiger partial charge is 0.338 e. The Bertz CT molecular complexity index is 644. The van der Waals surface area contributed by atoms with Gasteiger partial charge in [-0.1, -0.05) is 6.07 Å². The maximum atomic E-state index is 13.4. The molecule has 0 spiro atoms. The van der Waals surface area contributed by atoms with Crippen molar-refractivity contribution in [3.63, 3.8) is 0 Å². The van der Waals surface area contributed by atoms with Gasteiger partial charge in [-0.15, -0.1) is 0 Å². The van der Waals surface area contributed by atoms with Crippen LogP contribution in [-0.4, -0.2) is 22.0 Å². The Kier molecular flexibility index (Phi) is 4.05. The molecule has 102 valence electrons. The van der Waals surface area contributed by atoms with Gasteiger partial charge in [-0.2, -0.15) is 0 Å². The zero-order chi connectivity index (χ0) is 14.5. The third-order valence-corrected chi connectivity index (χ3v) is 2.55. The summed E-state index contributed by atoms with van der Waals surface area (Å²) in [4.78, 5) is 26.4. The molecular formula is C14H11FN2O3. The first-order chi connectivity index (χ1) is 9.56. The topological polar surface area (TPSA) is 79.3 Å². The van der Waals surface area contributed by atoms with Gasteiger partial charge in [0.05, 0.1) is 12.0 Å². The maximum Gasteiger partial charge on any atom is 0.338 e. The normalized spacial score (nSPS) is 10.1. The van der Waals surface area contributed by atoms with E-state index in [4.69, 9.17) is 5.11 Å². The highest BCUT2D eigenvalue weighted by Crippen LogP contribution is 2.15. The number of aromatic nitrogens is 1. The van der Waals surface area contributed by atoms with E-state index in [1.807, 2.05) is 0 Å². The number of carbonyl (C=O) groups excluding carboxylic acids is 1. The zero-order valence-corrected chi connectivity index (χ0v) is 10.3. The first-order valence-corrected chi connectivity index (χ1v) is 5.79. The standard InChI is InChI=1S/C14H11FN2O3/c15-12-7-10(4-5-11(12)14(19)20)17-13(18)8-9-3-1-2-6-16-9/h1-7H,8H2,(H,17,18)(H,19,20). The van der Waals surface area contributed by atoms with Crippen LogP contribution < -0.4 is 5.32 Å². The molecule has 2 N–H and O–H groups in total. The molecule has 0 unspecified atom stereocenters. The molecule has 0 saturated heterocycles. The summed E-state index contributed by atoms with van der Waals surface area (Å²) in [5, 5.41) is 11.2. The van der Waals surface area contributed by atoms with Crippen molar-refractivity contribution >= 4 is 17.6 Å². The quantitative estimate of drug-likeness (QED) is 0.894. The zero-order valence-electron chi connectivity index (χ0n) is 10.3. The number of hydrogen-bond acceptors (Lipinski definition) is 3. The van der Waals surface area contributed by atoms with E-state index >= 15 is 0 Å².